The van der Waals surface area contributed by atoms with Gasteiger partial charge in [0.15, 0.2) is 0 Å². The Labute approximate surface area is 141 Å². The van der Waals surface area contributed by atoms with Crippen molar-refractivity contribution in [3.63, 3.8) is 0 Å². The van der Waals surface area contributed by atoms with Crippen molar-refractivity contribution in [1.29, 1.82) is 0 Å². The zero-order valence-electron chi connectivity index (χ0n) is 14.4. The van der Waals surface area contributed by atoms with Crippen LogP contribution < -0.4 is 17.2 Å². The van der Waals surface area contributed by atoms with E-state index in [1.54, 1.807) is 24.3 Å². The van der Waals surface area contributed by atoms with Crippen LogP contribution in [0, 0.1) is 0 Å². The summed E-state index contributed by atoms with van der Waals surface area (Å²) in [5.74, 6) is -1.10. The van der Waals surface area contributed by atoms with Crippen LogP contribution in [0.25, 0.3) is 0 Å². The number of carbonyl (C=O) groups is 3. The summed E-state index contributed by atoms with van der Waals surface area (Å²) in [5.41, 5.74) is 6.46. The highest BCUT2D eigenvalue weighted by atomic mass is 16.2. The first kappa shape index (κ1) is 19.6. The summed E-state index contributed by atoms with van der Waals surface area (Å²) in [5, 5.41) is 5.29. The maximum absolute atomic E-state index is 12.8. The largest absolute Gasteiger partial charge is 0.344 e. The average Bonchev–Trinajstić information content (AvgIpc) is 2.57. The zero-order chi connectivity index (χ0) is 17.3. The lowest BCUT2D eigenvalue weighted by Crippen LogP contribution is -2.52. The van der Waals surface area contributed by atoms with Gasteiger partial charge in [-0.1, -0.05) is 18.2 Å². The number of nitrogens with two attached hydrogens (primary N) is 1. The first-order chi connectivity index (χ1) is 10.8. The highest BCUT2D eigenvalue weighted by Crippen LogP contribution is 2.27. The summed E-state index contributed by atoms with van der Waals surface area (Å²) >= 11 is 0. The smallest absolute Gasteiger partial charge is 0.273 e. The highest BCUT2D eigenvalue weighted by molar-refractivity contribution is 6.02. The summed E-state index contributed by atoms with van der Waals surface area (Å²) in [6.45, 7) is 5.19. The molecule has 1 unspecified atom stereocenters. The van der Waals surface area contributed by atoms with Crippen LogP contribution in [0.4, 0.5) is 0 Å². The Morgan fingerprint density at radius 1 is 1.21 bits per heavy atom. The number of hydrogen-bond donors (Lipinski definition) is 3. The van der Waals surface area contributed by atoms with Crippen molar-refractivity contribution in [1.82, 2.24) is 21.5 Å². The SMILES string of the molecule is CC(C)N1C(=O)c2ccccc2C(NC(=O)[C@H](C)N)C(=O)N1C.N. The highest BCUT2D eigenvalue weighted by Gasteiger charge is 2.39. The van der Waals surface area contributed by atoms with E-state index in [0.29, 0.717) is 11.1 Å². The minimum atomic E-state index is -0.942. The molecular weight excluding hydrogens is 310 g/mol. The standard InChI is InChI=1S/C16H22N4O3.H3N/c1-9(2)20-15(22)12-8-6-5-7-11(12)13(16(23)19(20)4)18-14(21)10(3)17;/h5-10,13H,17H2,1-4H3,(H,18,21);1H3/t10-,13?;/m0./s1. The van der Waals surface area contributed by atoms with E-state index in [9.17, 15) is 14.4 Å². The normalized spacial score (nSPS) is 18.7. The molecule has 8 nitrogen and oxygen atoms in total. The van der Waals surface area contributed by atoms with E-state index in [2.05, 4.69) is 5.32 Å². The molecule has 2 atom stereocenters. The molecule has 1 heterocycles. The molecule has 0 radical (unpaired) electrons. The Morgan fingerprint density at radius 2 is 1.79 bits per heavy atom. The Hall–Kier alpha value is -2.45. The molecule has 0 fully saturated rings. The van der Waals surface area contributed by atoms with Crippen LogP contribution in [0.15, 0.2) is 24.3 Å². The lowest BCUT2D eigenvalue weighted by Gasteiger charge is -2.34. The van der Waals surface area contributed by atoms with E-state index in [0.717, 1.165) is 0 Å². The summed E-state index contributed by atoms with van der Waals surface area (Å²) in [6.07, 6.45) is 0. The van der Waals surface area contributed by atoms with Crippen molar-refractivity contribution in [2.45, 2.75) is 38.9 Å². The van der Waals surface area contributed by atoms with Crippen LogP contribution in [0.5, 0.6) is 0 Å². The molecular formula is C16H25N5O3. The van der Waals surface area contributed by atoms with Crippen LogP contribution in [-0.4, -0.2) is 46.9 Å². The number of amides is 3. The fourth-order valence-electron chi connectivity index (χ4n) is 2.62. The Balaban J connectivity index is 0.00000288. The van der Waals surface area contributed by atoms with E-state index < -0.39 is 18.0 Å². The number of carbonyl (C=O) groups excluding carboxylic acids is 3. The third-order valence-electron chi connectivity index (χ3n) is 3.79. The molecule has 1 aromatic rings. The van der Waals surface area contributed by atoms with Crippen molar-refractivity contribution in [3.8, 4) is 0 Å². The van der Waals surface area contributed by atoms with Gasteiger partial charge in [0.1, 0.15) is 6.04 Å². The van der Waals surface area contributed by atoms with Gasteiger partial charge < -0.3 is 17.2 Å². The summed E-state index contributed by atoms with van der Waals surface area (Å²) in [6, 6.07) is 4.90. The maximum Gasteiger partial charge on any atom is 0.273 e. The van der Waals surface area contributed by atoms with Gasteiger partial charge in [0.2, 0.25) is 5.91 Å². The summed E-state index contributed by atoms with van der Waals surface area (Å²) in [4.78, 5) is 37.6. The number of hydrogen-bond acceptors (Lipinski definition) is 5. The van der Waals surface area contributed by atoms with Gasteiger partial charge in [-0.25, -0.2) is 5.01 Å². The van der Waals surface area contributed by atoms with Gasteiger partial charge in [-0.3, -0.25) is 19.4 Å². The molecule has 8 heteroatoms. The van der Waals surface area contributed by atoms with Crippen LogP contribution in [0.2, 0.25) is 0 Å². The predicted octanol–water partition coefficient (Wildman–Crippen LogP) is 0.591. The van der Waals surface area contributed by atoms with E-state index >= 15 is 0 Å². The molecule has 0 saturated heterocycles. The Bertz CT molecular complexity index is 644. The first-order valence-corrected chi connectivity index (χ1v) is 7.51. The fourth-order valence-corrected chi connectivity index (χ4v) is 2.62. The van der Waals surface area contributed by atoms with Gasteiger partial charge in [-0.2, -0.15) is 0 Å². The first-order valence-electron chi connectivity index (χ1n) is 7.51. The lowest BCUT2D eigenvalue weighted by molar-refractivity contribution is -0.147. The van der Waals surface area contributed by atoms with Crippen molar-refractivity contribution >= 4 is 17.7 Å². The third kappa shape index (κ3) is 3.39. The summed E-state index contributed by atoms with van der Waals surface area (Å²) < 4.78 is 0. The van der Waals surface area contributed by atoms with Crippen molar-refractivity contribution in [2.24, 2.45) is 5.73 Å². The number of rotatable bonds is 3. The molecule has 0 bridgehead atoms. The maximum atomic E-state index is 12.8. The average molecular weight is 335 g/mol. The van der Waals surface area contributed by atoms with Gasteiger partial charge in [0, 0.05) is 18.7 Å². The van der Waals surface area contributed by atoms with Crippen molar-refractivity contribution in [3.05, 3.63) is 35.4 Å². The second-order valence-corrected chi connectivity index (χ2v) is 5.92. The molecule has 1 aliphatic rings. The number of fused-ring (bicyclic) bond motifs is 1. The van der Waals surface area contributed by atoms with E-state index in [1.807, 2.05) is 13.8 Å². The zero-order valence-corrected chi connectivity index (χ0v) is 14.4. The van der Waals surface area contributed by atoms with Gasteiger partial charge in [0.25, 0.3) is 11.8 Å². The summed E-state index contributed by atoms with van der Waals surface area (Å²) in [7, 11) is 1.52. The molecule has 0 aliphatic carbocycles. The van der Waals surface area contributed by atoms with Crippen LogP contribution in [0.1, 0.15) is 42.7 Å². The van der Waals surface area contributed by atoms with E-state index in [-0.39, 0.29) is 24.0 Å². The van der Waals surface area contributed by atoms with Crippen molar-refractivity contribution in [2.75, 3.05) is 7.05 Å². The van der Waals surface area contributed by atoms with Crippen molar-refractivity contribution < 1.29 is 14.4 Å². The molecule has 3 amide bonds. The number of nitrogens with one attached hydrogen (secondary N) is 1. The van der Waals surface area contributed by atoms with Crippen LogP contribution in [0.3, 0.4) is 0 Å². The van der Waals surface area contributed by atoms with Gasteiger partial charge in [-0.05, 0) is 32.4 Å². The van der Waals surface area contributed by atoms with Crippen LogP contribution >= 0.6 is 0 Å². The third-order valence-corrected chi connectivity index (χ3v) is 3.79. The monoisotopic (exact) mass is 335 g/mol. The predicted molar refractivity (Wildman–Crippen MR) is 90.1 cm³/mol. The minimum Gasteiger partial charge on any atom is -0.344 e. The molecule has 1 aliphatic heterocycles. The van der Waals surface area contributed by atoms with Crippen LogP contribution in [-0.2, 0) is 9.59 Å². The lowest BCUT2D eigenvalue weighted by atomic mass is 9.99. The Morgan fingerprint density at radius 3 is 2.33 bits per heavy atom. The molecule has 24 heavy (non-hydrogen) atoms. The number of nitrogens with zero attached hydrogens (tertiary/aromatic N) is 2. The Kier molecular flexibility index (Phi) is 6.05. The van der Waals surface area contributed by atoms with Gasteiger partial charge in [0.05, 0.1) is 6.04 Å². The number of benzene rings is 1. The topological polar surface area (TPSA) is 131 Å². The second kappa shape index (κ2) is 7.41. The molecule has 1 aromatic carbocycles. The molecule has 6 N–H and O–H groups in total. The van der Waals surface area contributed by atoms with E-state index in [4.69, 9.17) is 5.73 Å². The number of likely N-dealkylation sites (N-methyl/N-ethyl adjacent to an activating group) is 1. The molecule has 2 rings (SSSR count). The fraction of sp³-hybridized carbons (Fsp3) is 0.438. The molecule has 0 aromatic heterocycles. The van der Waals surface area contributed by atoms with Gasteiger partial charge in [-0.15, -0.1) is 0 Å². The molecule has 0 saturated carbocycles. The molecule has 0 spiro atoms. The van der Waals surface area contributed by atoms with E-state index in [1.165, 1.54) is 24.0 Å². The van der Waals surface area contributed by atoms with Gasteiger partial charge >= 0.3 is 0 Å². The minimum absolute atomic E-state index is 0. The quantitative estimate of drug-likeness (QED) is 0.744. The molecule has 132 valence electrons. The second-order valence-electron chi connectivity index (χ2n) is 5.92. The number of hydrazine groups is 1.